The lowest BCUT2D eigenvalue weighted by Crippen LogP contribution is -1.93. The molecule has 0 aliphatic rings. The molecule has 4 rings (SSSR count). The van der Waals surface area contributed by atoms with E-state index in [-0.39, 0.29) is 0 Å². The van der Waals surface area contributed by atoms with Gasteiger partial charge in [-0.2, -0.15) is 10.2 Å². The van der Waals surface area contributed by atoms with E-state index in [9.17, 15) is 0 Å². The van der Waals surface area contributed by atoms with Crippen molar-refractivity contribution in [2.75, 3.05) is 0 Å². The highest BCUT2D eigenvalue weighted by Crippen LogP contribution is 2.31. The molecule has 0 radical (unpaired) electrons. The van der Waals surface area contributed by atoms with Gasteiger partial charge in [0.05, 0.1) is 22.8 Å². The molecular formula is C17H13N5. The van der Waals surface area contributed by atoms with Gasteiger partial charge < -0.3 is 0 Å². The lowest BCUT2D eigenvalue weighted by atomic mass is 10.0. The highest BCUT2D eigenvalue weighted by Gasteiger charge is 2.12. The van der Waals surface area contributed by atoms with E-state index >= 15 is 0 Å². The molecule has 0 unspecified atom stereocenters. The molecular weight excluding hydrogens is 274 g/mol. The number of rotatable bonds is 3. The number of nitrogens with zero attached hydrogens (tertiary/aromatic N) is 3. The Hall–Kier alpha value is -3.21. The monoisotopic (exact) mass is 287 g/mol. The first-order chi connectivity index (χ1) is 10.9. The molecule has 0 atom stereocenters. The summed E-state index contributed by atoms with van der Waals surface area (Å²) in [6.45, 7) is 0. The summed E-state index contributed by atoms with van der Waals surface area (Å²) in [5.41, 5.74) is 5.68. The van der Waals surface area contributed by atoms with E-state index in [1.54, 1.807) is 12.4 Å². The number of benzene rings is 1. The fourth-order valence-electron chi connectivity index (χ4n) is 2.45. The number of H-pyrrole nitrogens is 2. The quantitative estimate of drug-likeness (QED) is 0.605. The molecule has 5 nitrogen and oxygen atoms in total. The highest BCUT2D eigenvalue weighted by molar-refractivity contribution is 5.80. The van der Waals surface area contributed by atoms with Crippen LogP contribution in [0.1, 0.15) is 0 Å². The Morgan fingerprint density at radius 2 is 1.41 bits per heavy atom. The molecule has 5 heteroatoms. The molecule has 0 saturated heterocycles. The molecule has 3 aromatic heterocycles. The van der Waals surface area contributed by atoms with Crippen molar-refractivity contribution in [2.24, 2.45) is 0 Å². The van der Waals surface area contributed by atoms with E-state index in [1.165, 1.54) is 0 Å². The third kappa shape index (κ3) is 2.18. The Kier molecular flexibility index (Phi) is 3.01. The first-order valence-corrected chi connectivity index (χ1v) is 6.98. The molecule has 0 amide bonds. The van der Waals surface area contributed by atoms with Gasteiger partial charge in [-0.3, -0.25) is 10.2 Å². The highest BCUT2D eigenvalue weighted by atomic mass is 15.1. The van der Waals surface area contributed by atoms with Gasteiger partial charge in [0.1, 0.15) is 0 Å². The maximum absolute atomic E-state index is 4.79. The summed E-state index contributed by atoms with van der Waals surface area (Å²) in [7, 11) is 0. The molecule has 0 spiro atoms. The number of aromatic nitrogens is 5. The van der Waals surface area contributed by atoms with Crippen LogP contribution in [0, 0.1) is 0 Å². The van der Waals surface area contributed by atoms with Crippen LogP contribution < -0.4 is 0 Å². The first-order valence-electron chi connectivity index (χ1n) is 6.98. The molecule has 0 fully saturated rings. The summed E-state index contributed by atoms with van der Waals surface area (Å²) in [5.74, 6) is 0. The molecule has 106 valence electrons. The zero-order chi connectivity index (χ0) is 14.8. The third-order valence-electron chi connectivity index (χ3n) is 3.51. The summed E-state index contributed by atoms with van der Waals surface area (Å²) in [5, 5.41) is 14.0. The lowest BCUT2D eigenvalue weighted by molar-refractivity contribution is 1.08. The van der Waals surface area contributed by atoms with Crippen LogP contribution >= 0.6 is 0 Å². The van der Waals surface area contributed by atoms with Crippen molar-refractivity contribution in [3.63, 3.8) is 0 Å². The van der Waals surface area contributed by atoms with Crippen molar-refractivity contribution in [2.45, 2.75) is 0 Å². The van der Waals surface area contributed by atoms with Crippen LogP contribution in [-0.2, 0) is 0 Å². The van der Waals surface area contributed by atoms with Gasteiger partial charge >= 0.3 is 0 Å². The van der Waals surface area contributed by atoms with Crippen LogP contribution in [0.4, 0.5) is 0 Å². The Labute approximate surface area is 127 Å². The average Bonchev–Trinajstić information content (AvgIpc) is 3.29. The van der Waals surface area contributed by atoms with Gasteiger partial charge in [0, 0.05) is 18.0 Å². The van der Waals surface area contributed by atoms with Gasteiger partial charge in [-0.05, 0) is 29.8 Å². The summed E-state index contributed by atoms with van der Waals surface area (Å²) >= 11 is 0. The minimum absolute atomic E-state index is 0.849. The van der Waals surface area contributed by atoms with Gasteiger partial charge in [-0.1, -0.05) is 30.3 Å². The van der Waals surface area contributed by atoms with Crippen LogP contribution in [0.25, 0.3) is 33.9 Å². The number of pyridine rings is 1. The normalized spacial score (nSPS) is 10.7. The van der Waals surface area contributed by atoms with Gasteiger partial charge in [-0.15, -0.1) is 0 Å². The van der Waals surface area contributed by atoms with E-state index in [0.29, 0.717) is 0 Å². The molecule has 3 heterocycles. The van der Waals surface area contributed by atoms with Crippen molar-refractivity contribution >= 4 is 0 Å². The fraction of sp³-hybridized carbons (Fsp3) is 0. The molecule has 1 aromatic carbocycles. The van der Waals surface area contributed by atoms with Crippen molar-refractivity contribution < 1.29 is 0 Å². The van der Waals surface area contributed by atoms with E-state index < -0.39 is 0 Å². The van der Waals surface area contributed by atoms with Crippen LogP contribution in [-0.4, -0.2) is 25.4 Å². The van der Waals surface area contributed by atoms with Crippen LogP contribution in [0.3, 0.4) is 0 Å². The molecule has 0 aliphatic heterocycles. The van der Waals surface area contributed by atoms with Crippen LogP contribution in [0.2, 0.25) is 0 Å². The SMILES string of the molecule is c1ccc(-c2ccc(-c3ccn[nH]3)nc2-c2ccn[nH]2)cc1. The van der Waals surface area contributed by atoms with Crippen LogP contribution in [0.5, 0.6) is 0 Å². The average molecular weight is 287 g/mol. The van der Waals surface area contributed by atoms with Crippen molar-refractivity contribution in [1.29, 1.82) is 0 Å². The Morgan fingerprint density at radius 3 is 2.09 bits per heavy atom. The summed E-state index contributed by atoms with van der Waals surface area (Å²) < 4.78 is 0. The van der Waals surface area contributed by atoms with Gasteiger partial charge in [0.2, 0.25) is 0 Å². The molecule has 0 bridgehead atoms. The second kappa shape index (κ2) is 5.29. The zero-order valence-corrected chi connectivity index (χ0v) is 11.7. The smallest absolute Gasteiger partial charge is 0.0966 e. The number of hydrogen-bond acceptors (Lipinski definition) is 3. The predicted molar refractivity (Wildman–Crippen MR) is 84.8 cm³/mol. The molecule has 4 aromatic rings. The van der Waals surface area contributed by atoms with Crippen molar-refractivity contribution in [3.8, 4) is 33.9 Å². The lowest BCUT2D eigenvalue weighted by Gasteiger charge is -2.09. The Balaban J connectivity index is 1.92. The van der Waals surface area contributed by atoms with Gasteiger partial charge in [-0.25, -0.2) is 4.98 Å². The number of hydrogen-bond donors (Lipinski definition) is 2. The summed E-state index contributed by atoms with van der Waals surface area (Å²) in [6, 6.07) is 18.1. The third-order valence-corrected chi connectivity index (χ3v) is 3.51. The maximum Gasteiger partial charge on any atom is 0.0966 e. The molecule has 2 N–H and O–H groups in total. The number of nitrogens with one attached hydrogen (secondary N) is 2. The number of aromatic amines is 2. The second-order valence-electron chi connectivity index (χ2n) is 4.90. The molecule has 0 aliphatic carbocycles. The van der Waals surface area contributed by atoms with Crippen molar-refractivity contribution in [3.05, 3.63) is 67.0 Å². The molecule has 0 saturated carbocycles. The minimum Gasteiger partial charge on any atom is -0.276 e. The van der Waals surface area contributed by atoms with Crippen molar-refractivity contribution in [1.82, 2.24) is 25.4 Å². The largest absolute Gasteiger partial charge is 0.276 e. The molecule has 22 heavy (non-hydrogen) atoms. The summed E-state index contributed by atoms with van der Waals surface area (Å²) in [6.07, 6.45) is 3.45. The minimum atomic E-state index is 0.849. The van der Waals surface area contributed by atoms with Gasteiger partial charge in [0.25, 0.3) is 0 Å². The van der Waals surface area contributed by atoms with Crippen LogP contribution in [0.15, 0.2) is 67.0 Å². The summed E-state index contributed by atoms with van der Waals surface area (Å²) in [4.78, 5) is 4.79. The Morgan fingerprint density at radius 1 is 0.682 bits per heavy atom. The van der Waals surface area contributed by atoms with E-state index in [1.807, 2.05) is 36.4 Å². The zero-order valence-electron chi connectivity index (χ0n) is 11.7. The predicted octanol–water partition coefficient (Wildman–Crippen LogP) is 3.53. The van der Waals surface area contributed by atoms with E-state index in [2.05, 4.69) is 38.6 Å². The topological polar surface area (TPSA) is 70.2 Å². The van der Waals surface area contributed by atoms with E-state index in [4.69, 9.17) is 4.98 Å². The first kappa shape index (κ1) is 12.5. The Bertz CT molecular complexity index is 865. The maximum atomic E-state index is 4.79. The van der Waals surface area contributed by atoms with Gasteiger partial charge in [0.15, 0.2) is 0 Å². The second-order valence-corrected chi connectivity index (χ2v) is 4.90. The fourth-order valence-corrected chi connectivity index (χ4v) is 2.45. The van der Waals surface area contributed by atoms with E-state index in [0.717, 1.165) is 33.9 Å². The standard InChI is InChI=1S/C17H13N5/c1-2-4-12(5-3-1)13-6-7-14(15-8-10-18-21-15)20-17(13)16-9-11-19-22-16/h1-11H,(H,18,21)(H,19,22).